The molecule has 0 saturated carbocycles. The average molecular weight is 305 g/mol. The summed E-state index contributed by atoms with van der Waals surface area (Å²) < 4.78 is 5.80. The van der Waals surface area contributed by atoms with Crippen LogP contribution in [-0.2, 0) is 16.0 Å². The lowest BCUT2D eigenvalue weighted by atomic mass is 10.0. The van der Waals surface area contributed by atoms with Gasteiger partial charge in [0.2, 0.25) is 5.91 Å². The fraction of sp³-hybridized carbons (Fsp3) is 0.529. The van der Waals surface area contributed by atoms with Crippen molar-refractivity contribution in [2.75, 3.05) is 13.1 Å². The molecule has 1 aromatic rings. The third-order valence-electron chi connectivity index (χ3n) is 3.75. The number of morpholine rings is 1. The molecule has 2 rings (SSSR count). The first kappa shape index (κ1) is 16.5. The molecular weight excluding hydrogens is 282 g/mol. The lowest BCUT2D eigenvalue weighted by molar-refractivity contribution is -0.158. The predicted octanol–water partition coefficient (Wildman–Crippen LogP) is 2.34. The second kappa shape index (κ2) is 6.48. The highest BCUT2D eigenvalue weighted by molar-refractivity contribution is 5.87. The molecule has 0 spiro atoms. The second-order valence-electron chi connectivity index (χ2n) is 6.46. The molecule has 22 heavy (non-hydrogen) atoms. The molecule has 120 valence electrons. The molecule has 1 amide bonds. The van der Waals surface area contributed by atoms with Crippen LogP contribution in [0.15, 0.2) is 24.3 Å². The van der Waals surface area contributed by atoms with Gasteiger partial charge in [0.15, 0.2) is 0 Å². The van der Waals surface area contributed by atoms with Crippen molar-refractivity contribution < 1.29 is 19.4 Å². The van der Waals surface area contributed by atoms with Crippen molar-refractivity contribution >= 4 is 11.9 Å². The van der Waals surface area contributed by atoms with Crippen LogP contribution in [-0.4, -0.2) is 46.7 Å². The number of carboxylic acids is 1. The van der Waals surface area contributed by atoms with Crippen LogP contribution in [0.5, 0.6) is 0 Å². The zero-order chi connectivity index (χ0) is 16.3. The van der Waals surface area contributed by atoms with Crippen LogP contribution in [0.1, 0.15) is 43.1 Å². The van der Waals surface area contributed by atoms with Gasteiger partial charge < -0.3 is 14.7 Å². The fourth-order valence-electron chi connectivity index (χ4n) is 2.87. The Hall–Kier alpha value is -1.88. The summed E-state index contributed by atoms with van der Waals surface area (Å²) in [6, 6.07) is 6.68. The number of carbonyl (C=O) groups excluding carboxylic acids is 1. The summed E-state index contributed by atoms with van der Waals surface area (Å²) in [5.41, 5.74) is 0.925. The third kappa shape index (κ3) is 4.31. The van der Waals surface area contributed by atoms with Gasteiger partial charge in [-0.3, -0.25) is 4.79 Å². The van der Waals surface area contributed by atoms with Crippen molar-refractivity contribution in [2.45, 2.75) is 45.3 Å². The van der Waals surface area contributed by atoms with Gasteiger partial charge in [0.25, 0.3) is 0 Å². The van der Waals surface area contributed by atoms with Crippen LogP contribution >= 0.6 is 0 Å². The number of hydrogen-bond donors (Lipinski definition) is 1. The lowest BCUT2D eigenvalue weighted by Gasteiger charge is -2.41. The van der Waals surface area contributed by atoms with Gasteiger partial charge in [-0.25, -0.2) is 4.79 Å². The first-order valence-electron chi connectivity index (χ1n) is 7.55. The van der Waals surface area contributed by atoms with Crippen molar-refractivity contribution in [3.63, 3.8) is 0 Å². The van der Waals surface area contributed by atoms with E-state index in [0.29, 0.717) is 25.9 Å². The normalized spacial score (nSPS) is 20.7. The van der Waals surface area contributed by atoms with Gasteiger partial charge >= 0.3 is 5.97 Å². The summed E-state index contributed by atoms with van der Waals surface area (Å²) >= 11 is 0. The van der Waals surface area contributed by atoms with E-state index in [1.54, 1.807) is 24.3 Å². The number of hydrogen-bond acceptors (Lipinski definition) is 3. The molecule has 1 aromatic carbocycles. The predicted molar refractivity (Wildman–Crippen MR) is 82.9 cm³/mol. The van der Waals surface area contributed by atoms with E-state index in [4.69, 9.17) is 9.84 Å². The molecule has 1 fully saturated rings. The largest absolute Gasteiger partial charge is 0.478 e. The minimum atomic E-state index is -0.938. The van der Waals surface area contributed by atoms with Crippen LogP contribution in [0, 0.1) is 0 Å². The summed E-state index contributed by atoms with van der Waals surface area (Å²) in [5.74, 6) is -0.822. The van der Waals surface area contributed by atoms with Gasteiger partial charge in [0.1, 0.15) is 0 Å². The van der Waals surface area contributed by atoms with Gasteiger partial charge in [-0.2, -0.15) is 0 Å². The molecule has 0 aromatic heterocycles. The smallest absolute Gasteiger partial charge is 0.335 e. The van der Waals surface area contributed by atoms with E-state index in [-0.39, 0.29) is 23.2 Å². The molecule has 1 atom stereocenters. The molecule has 1 heterocycles. The molecule has 1 saturated heterocycles. The van der Waals surface area contributed by atoms with Crippen LogP contribution in [0.25, 0.3) is 0 Å². The molecule has 0 radical (unpaired) electrons. The number of amides is 1. The molecule has 0 aliphatic carbocycles. The fourth-order valence-corrected chi connectivity index (χ4v) is 2.87. The molecular formula is C17H23NO4. The summed E-state index contributed by atoms with van der Waals surface area (Å²) in [7, 11) is 0. The van der Waals surface area contributed by atoms with Crippen LogP contribution < -0.4 is 0 Å². The van der Waals surface area contributed by atoms with Gasteiger partial charge in [-0.1, -0.05) is 12.1 Å². The second-order valence-corrected chi connectivity index (χ2v) is 6.46. The van der Waals surface area contributed by atoms with Gasteiger partial charge in [0.05, 0.1) is 17.3 Å². The molecule has 5 heteroatoms. The molecule has 0 bridgehead atoms. The standard InChI is InChI=1S/C17H23NO4/c1-12-10-18(11-17(2,3)22-12)15(19)9-6-13-4-7-14(8-5-13)16(20)21/h4-5,7-8,12H,6,9-11H2,1-3H3,(H,20,21). The molecule has 1 aliphatic heterocycles. The maximum absolute atomic E-state index is 12.4. The van der Waals surface area contributed by atoms with Crippen molar-refractivity contribution in [1.82, 2.24) is 4.90 Å². The SMILES string of the molecule is CC1CN(C(=O)CCc2ccc(C(=O)O)cc2)CC(C)(C)O1. The first-order valence-corrected chi connectivity index (χ1v) is 7.55. The van der Waals surface area contributed by atoms with Crippen molar-refractivity contribution in [2.24, 2.45) is 0 Å². The van der Waals surface area contributed by atoms with E-state index in [0.717, 1.165) is 5.56 Å². The van der Waals surface area contributed by atoms with Crippen molar-refractivity contribution in [1.29, 1.82) is 0 Å². The Labute approximate surface area is 130 Å². The Morgan fingerprint density at radius 3 is 2.50 bits per heavy atom. The maximum atomic E-state index is 12.4. The van der Waals surface area contributed by atoms with E-state index in [9.17, 15) is 9.59 Å². The zero-order valence-corrected chi connectivity index (χ0v) is 13.3. The van der Waals surface area contributed by atoms with Crippen molar-refractivity contribution in [3.05, 3.63) is 35.4 Å². The Balaban J connectivity index is 1.90. The zero-order valence-electron chi connectivity index (χ0n) is 13.3. The minimum Gasteiger partial charge on any atom is -0.478 e. The monoisotopic (exact) mass is 305 g/mol. The van der Waals surface area contributed by atoms with E-state index >= 15 is 0 Å². The van der Waals surface area contributed by atoms with Crippen LogP contribution in [0.3, 0.4) is 0 Å². The number of benzene rings is 1. The number of aromatic carboxylic acids is 1. The first-order chi connectivity index (χ1) is 10.3. The van der Waals surface area contributed by atoms with Crippen LogP contribution in [0.2, 0.25) is 0 Å². The highest BCUT2D eigenvalue weighted by Crippen LogP contribution is 2.21. The van der Waals surface area contributed by atoms with E-state index < -0.39 is 5.97 Å². The average Bonchev–Trinajstić information content (AvgIpc) is 2.43. The maximum Gasteiger partial charge on any atom is 0.335 e. The number of rotatable bonds is 4. The molecule has 1 aliphatic rings. The topological polar surface area (TPSA) is 66.8 Å². The Kier molecular flexibility index (Phi) is 4.86. The number of carboxylic acid groups (broad SMARTS) is 1. The number of ether oxygens (including phenoxy) is 1. The Morgan fingerprint density at radius 1 is 1.32 bits per heavy atom. The lowest BCUT2D eigenvalue weighted by Crippen LogP contribution is -2.53. The Bertz CT molecular complexity index is 550. The number of aryl methyl sites for hydroxylation is 1. The third-order valence-corrected chi connectivity index (χ3v) is 3.75. The van der Waals surface area contributed by atoms with Crippen molar-refractivity contribution in [3.8, 4) is 0 Å². The quantitative estimate of drug-likeness (QED) is 0.927. The molecule has 5 nitrogen and oxygen atoms in total. The number of carbonyl (C=O) groups is 2. The van der Waals surface area contributed by atoms with E-state index in [2.05, 4.69) is 0 Å². The Morgan fingerprint density at radius 2 is 1.95 bits per heavy atom. The summed E-state index contributed by atoms with van der Waals surface area (Å²) in [6.45, 7) is 7.20. The van der Waals surface area contributed by atoms with E-state index in [1.807, 2.05) is 25.7 Å². The van der Waals surface area contributed by atoms with Crippen LogP contribution in [0.4, 0.5) is 0 Å². The number of nitrogens with zero attached hydrogens (tertiary/aromatic N) is 1. The summed E-state index contributed by atoms with van der Waals surface area (Å²) in [4.78, 5) is 25.0. The molecule has 1 unspecified atom stereocenters. The summed E-state index contributed by atoms with van der Waals surface area (Å²) in [5, 5.41) is 8.87. The summed E-state index contributed by atoms with van der Waals surface area (Å²) in [6.07, 6.45) is 1.09. The van der Waals surface area contributed by atoms with Gasteiger partial charge in [-0.15, -0.1) is 0 Å². The molecule has 1 N–H and O–H groups in total. The highest BCUT2D eigenvalue weighted by Gasteiger charge is 2.33. The highest BCUT2D eigenvalue weighted by atomic mass is 16.5. The van der Waals surface area contributed by atoms with E-state index in [1.165, 1.54) is 0 Å². The van der Waals surface area contributed by atoms with Gasteiger partial charge in [-0.05, 0) is 44.9 Å². The van der Waals surface area contributed by atoms with Gasteiger partial charge in [0, 0.05) is 19.5 Å². The minimum absolute atomic E-state index is 0.0440.